The zero-order valence-electron chi connectivity index (χ0n) is 15.3. The molecule has 29 heavy (non-hydrogen) atoms. The lowest BCUT2D eigenvalue weighted by Gasteiger charge is -2.19. The van der Waals surface area contributed by atoms with Crippen molar-refractivity contribution in [3.8, 4) is 0 Å². The van der Waals surface area contributed by atoms with E-state index in [1.165, 1.54) is 30.0 Å². The largest absolute Gasteiger partial charge is 0.271 e. The number of hydrogen-bond donors (Lipinski definition) is 3. The second kappa shape index (κ2) is 10.8. The average molecular weight is 476 g/mol. The Morgan fingerprint density at radius 3 is 2.41 bits per heavy atom. The van der Waals surface area contributed by atoms with Crippen LogP contribution in [0.1, 0.15) is 16.8 Å². The van der Waals surface area contributed by atoms with Crippen molar-refractivity contribution in [1.29, 1.82) is 0 Å². The summed E-state index contributed by atoms with van der Waals surface area (Å²) in [6.45, 7) is 0. The number of carbonyl (C=O) groups is 2. The van der Waals surface area contributed by atoms with E-state index in [4.69, 9.17) is 23.2 Å². The molecule has 0 saturated carbocycles. The summed E-state index contributed by atoms with van der Waals surface area (Å²) >= 11 is 13.3. The van der Waals surface area contributed by atoms with Crippen LogP contribution in [-0.2, 0) is 14.8 Å². The molecular formula is C18H19Cl2N3O4S2. The second-order valence-electron chi connectivity index (χ2n) is 5.84. The number of hydrazine groups is 1. The van der Waals surface area contributed by atoms with Crippen LogP contribution in [0.2, 0.25) is 10.0 Å². The van der Waals surface area contributed by atoms with Crippen LogP contribution in [-0.4, -0.2) is 38.3 Å². The normalized spacial score (nSPS) is 12.2. The van der Waals surface area contributed by atoms with Gasteiger partial charge < -0.3 is 0 Å². The molecule has 2 aromatic rings. The van der Waals surface area contributed by atoms with Gasteiger partial charge in [-0.2, -0.15) is 16.5 Å². The van der Waals surface area contributed by atoms with Gasteiger partial charge in [-0.1, -0.05) is 41.4 Å². The Morgan fingerprint density at radius 1 is 1.07 bits per heavy atom. The van der Waals surface area contributed by atoms with Gasteiger partial charge in [-0.3, -0.25) is 20.4 Å². The molecule has 0 saturated heterocycles. The highest BCUT2D eigenvalue weighted by atomic mass is 35.5. The van der Waals surface area contributed by atoms with Gasteiger partial charge in [0.25, 0.3) is 11.8 Å². The lowest BCUT2D eigenvalue weighted by atomic mass is 10.2. The SMILES string of the molecule is CSCCC(NS(=O)(=O)c1cc(Cl)ccc1Cl)C(=O)NNC(=O)c1ccccc1. The van der Waals surface area contributed by atoms with E-state index in [9.17, 15) is 18.0 Å². The van der Waals surface area contributed by atoms with Crippen LogP contribution in [0.5, 0.6) is 0 Å². The molecule has 0 spiro atoms. The molecule has 0 heterocycles. The van der Waals surface area contributed by atoms with Gasteiger partial charge in [0.2, 0.25) is 10.0 Å². The third-order valence-corrected chi connectivity index (χ3v) is 6.57. The lowest BCUT2D eigenvalue weighted by Crippen LogP contribution is -2.52. The summed E-state index contributed by atoms with van der Waals surface area (Å²) in [5, 5.41) is 0.165. The number of rotatable bonds is 8. The number of carbonyl (C=O) groups excluding carboxylic acids is 2. The average Bonchev–Trinajstić information content (AvgIpc) is 2.71. The third kappa shape index (κ3) is 6.90. The van der Waals surface area contributed by atoms with E-state index in [1.807, 2.05) is 6.26 Å². The number of amides is 2. The summed E-state index contributed by atoms with van der Waals surface area (Å²) < 4.78 is 27.8. The molecule has 2 amide bonds. The van der Waals surface area contributed by atoms with Crippen LogP contribution in [0.25, 0.3) is 0 Å². The molecule has 0 aliphatic carbocycles. The van der Waals surface area contributed by atoms with Crippen molar-refractivity contribution >= 4 is 56.8 Å². The summed E-state index contributed by atoms with van der Waals surface area (Å²) in [6, 6.07) is 11.2. The number of sulfonamides is 1. The standard InChI is InChI=1S/C18H19Cl2N3O4S2/c1-28-10-9-15(18(25)22-21-17(24)12-5-3-2-4-6-12)23-29(26,27)16-11-13(19)7-8-14(16)20/h2-8,11,15,23H,9-10H2,1H3,(H,21,24)(H,22,25). The van der Waals surface area contributed by atoms with Crippen LogP contribution in [0.3, 0.4) is 0 Å². The fourth-order valence-corrected chi connectivity index (χ4v) is 4.74. The van der Waals surface area contributed by atoms with Crippen LogP contribution >= 0.6 is 35.0 Å². The van der Waals surface area contributed by atoms with Gasteiger partial charge in [0.1, 0.15) is 10.9 Å². The highest BCUT2D eigenvalue weighted by Crippen LogP contribution is 2.25. The molecule has 0 aliphatic rings. The molecular weight excluding hydrogens is 457 g/mol. The molecule has 156 valence electrons. The van der Waals surface area contributed by atoms with Gasteiger partial charge in [-0.25, -0.2) is 8.42 Å². The maximum absolute atomic E-state index is 12.7. The Balaban J connectivity index is 2.12. The van der Waals surface area contributed by atoms with Gasteiger partial charge in [-0.05, 0) is 48.8 Å². The first-order valence-corrected chi connectivity index (χ1v) is 12.0. The zero-order chi connectivity index (χ0) is 21.4. The first kappa shape index (κ1) is 23.5. The number of hydrogen-bond acceptors (Lipinski definition) is 5. The maximum atomic E-state index is 12.7. The van der Waals surface area contributed by atoms with Gasteiger partial charge in [0.15, 0.2) is 0 Å². The molecule has 2 rings (SSSR count). The lowest BCUT2D eigenvalue weighted by molar-refractivity contribution is -0.123. The number of benzene rings is 2. The second-order valence-corrected chi connectivity index (χ2v) is 9.35. The van der Waals surface area contributed by atoms with E-state index in [-0.39, 0.29) is 21.4 Å². The first-order chi connectivity index (χ1) is 13.7. The molecule has 7 nitrogen and oxygen atoms in total. The Hall–Kier alpha value is -1.78. The zero-order valence-corrected chi connectivity index (χ0v) is 18.5. The number of halogens is 2. The molecule has 0 fully saturated rings. The van der Waals surface area contributed by atoms with E-state index < -0.39 is 27.9 Å². The minimum atomic E-state index is -4.13. The summed E-state index contributed by atoms with van der Waals surface area (Å²) in [5.74, 6) is -0.718. The molecule has 0 aliphatic heterocycles. The third-order valence-electron chi connectivity index (χ3n) is 3.74. The van der Waals surface area contributed by atoms with Crippen molar-refractivity contribution in [3.05, 3.63) is 64.1 Å². The van der Waals surface area contributed by atoms with Crippen molar-refractivity contribution in [2.75, 3.05) is 12.0 Å². The van der Waals surface area contributed by atoms with Crippen LogP contribution in [0.15, 0.2) is 53.4 Å². The van der Waals surface area contributed by atoms with Gasteiger partial charge in [-0.15, -0.1) is 0 Å². The molecule has 0 radical (unpaired) electrons. The van der Waals surface area contributed by atoms with E-state index in [2.05, 4.69) is 15.6 Å². The topological polar surface area (TPSA) is 104 Å². The van der Waals surface area contributed by atoms with Crippen molar-refractivity contribution in [1.82, 2.24) is 15.6 Å². The van der Waals surface area contributed by atoms with E-state index in [0.717, 1.165) is 0 Å². The fraction of sp³-hybridized carbons (Fsp3) is 0.222. The summed E-state index contributed by atoms with van der Waals surface area (Å²) in [5.41, 5.74) is 4.88. The molecule has 3 N–H and O–H groups in total. The number of nitrogens with one attached hydrogen (secondary N) is 3. The highest BCUT2D eigenvalue weighted by molar-refractivity contribution is 7.98. The molecule has 11 heteroatoms. The molecule has 2 aromatic carbocycles. The first-order valence-electron chi connectivity index (χ1n) is 8.36. The molecule has 1 atom stereocenters. The minimum Gasteiger partial charge on any atom is -0.271 e. The Labute approximate surface area is 183 Å². The van der Waals surface area contributed by atoms with Crippen LogP contribution < -0.4 is 15.6 Å². The molecule has 1 unspecified atom stereocenters. The molecule has 0 bridgehead atoms. The quantitative estimate of drug-likeness (QED) is 0.509. The van der Waals surface area contributed by atoms with Crippen molar-refractivity contribution in [2.45, 2.75) is 17.4 Å². The van der Waals surface area contributed by atoms with Crippen molar-refractivity contribution in [3.63, 3.8) is 0 Å². The summed E-state index contributed by atoms with van der Waals surface area (Å²) in [4.78, 5) is 24.4. The fourth-order valence-electron chi connectivity index (χ4n) is 2.28. The van der Waals surface area contributed by atoms with Crippen molar-refractivity contribution < 1.29 is 18.0 Å². The maximum Gasteiger partial charge on any atom is 0.269 e. The van der Waals surface area contributed by atoms with Gasteiger partial charge in [0, 0.05) is 10.6 Å². The van der Waals surface area contributed by atoms with Crippen LogP contribution in [0, 0.1) is 0 Å². The highest BCUT2D eigenvalue weighted by Gasteiger charge is 2.27. The summed E-state index contributed by atoms with van der Waals surface area (Å²) in [7, 11) is -4.13. The monoisotopic (exact) mass is 475 g/mol. The van der Waals surface area contributed by atoms with Gasteiger partial charge in [0.05, 0.1) is 5.02 Å². The van der Waals surface area contributed by atoms with E-state index in [0.29, 0.717) is 11.3 Å². The summed E-state index contributed by atoms with van der Waals surface area (Å²) in [6.07, 6.45) is 2.03. The predicted molar refractivity (Wildman–Crippen MR) is 116 cm³/mol. The predicted octanol–water partition coefficient (Wildman–Crippen LogP) is 2.85. The van der Waals surface area contributed by atoms with Crippen LogP contribution in [0.4, 0.5) is 0 Å². The van der Waals surface area contributed by atoms with Crippen molar-refractivity contribution in [2.24, 2.45) is 0 Å². The Bertz CT molecular complexity index is 972. The Kier molecular flexibility index (Phi) is 8.79. The molecule has 0 aromatic heterocycles. The smallest absolute Gasteiger partial charge is 0.269 e. The minimum absolute atomic E-state index is 0.0247. The van der Waals surface area contributed by atoms with Gasteiger partial charge >= 0.3 is 0 Å². The number of thioether (sulfide) groups is 1. The Morgan fingerprint density at radius 2 is 1.76 bits per heavy atom. The van der Waals surface area contributed by atoms with E-state index >= 15 is 0 Å². The van der Waals surface area contributed by atoms with E-state index in [1.54, 1.807) is 30.3 Å².